The summed E-state index contributed by atoms with van der Waals surface area (Å²) in [4.78, 5) is 18.6. The number of nitrogens with zero attached hydrogens (tertiary/aromatic N) is 2. The first-order valence-corrected chi connectivity index (χ1v) is 6.87. The number of hydrazine groups is 1. The fraction of sp³-hybridized carbons (Fsp3) is 0.333. The number of para-hydroxylation sites is 1. The van der Waals surface area contributed by atoms with Crippen molar-refractivity contribution in [2.75, 3.05) is 32.2 Å². The van der Waals surface area contributed by atoms with E-state index in [-0.39, 0.29) is 5.91 Å². The first-order chi connectivity index (χ1) is 10.2. The molecule has 2 aromatic rings. The van der Waals surface area contributed by atoms with Crippen molar-refractivity contribution >= 4 is 22.6 Å². The fourth-order valence-electron chi connectivity index (χ4n) is 2.08. The van der Waals surface area contributed by atoms with Crippen LogP contribution in [0.25, 0.3) is 10.9 Å². The topological polar surface area (TPSA) is 80.5 Å². The van der Waals surface area contributed by atoms with E-state index in [2.05, 4.69) is 10.4 Å². The monoisotopic (exact) mass is 288 g/mol. The molecule has 1 aromatic carbocycles. The van der Waals surface area contributed by atoms with Crippen LogP contribution in [0, 0.1) is 0 Å². The van der Waals surface area contributed by atoms with Gasteiger partial charge in [-0.15, -0.1) is 0 Å². The summed E-state index contributed by atoms with van der Waals surface area (Å²) >= 11 is 0. The van der Waals surface area contributed by atoms with Crippen molar-refractivity contribution in [2.24, 2.45) is 5.84 Å². The summed E-state index contributed by atoms with van der Waals surface area (Å²) in [6, 6.07) is 9.17. The van der Waals surface area contributed by atoms with Crippen LogP contribution in [0.2, 0.25) is 0 Å². The van der Waals surface area contributed by atoms with Crippen LogP contribution in [0.3, 0.4) is 0 Å². The van der Waals surface area contributed by atoms with Gasteiger partial charge in [0.1, 0.15) is 5.82 Å². The standard InChI is InChI=1S/C15H20N4O2/c1-3-21-9-8-19(2)15(20)12-10-14(18-16)17-13-7-5-4-6-11(12)13/h4-7,10H,3,8-9,16H2,1-2H3,(H,17,18). The number of ether oxygens (including phenoxy) is 1. The Morgan fingerprint density at radius 3 is 2.90 bits per heavy atom. The number of nitrogens with two attached hydrogens (primary N) is 1. The van der Waals surface area contributed by atoms with Gasteiger partial charge in [-0.2, -0.15) is 0 Å². The van der Waals surface area contributed by atoms with E-state index in [4.69, 9.17) is 10.6 Å². The largest absolute Gasteiger partial charge is 0.380 e. The highest BCUT2D eigenvalue weighted by molar-refractivity contribution is 6.06. The number of carbonyl (C=O) groups is 1. The van der Waals surface area contributed by atoms with Gasteiger partial charge >= 0.3 is 0 Å². The molecule has 0 fully saturated rings. The number of anilines is 1. The third-order valence-corrected chi connectivity index (χ3v) is 3.22. The zero-order valence-corrected chi connectivity index (χ0v) is 12.3. The molecular formula is C15H20N4O2. The molecule has 0 saturated heterocycles. The molecule has 0 aliphatic heterocycles. The number of hydrogen-bond donors (Lipinski definition) is 2. The van der Waals surface area contributed by atoms with Crippen molar-refractivity contribution in [2.45, 2.75) is 6.92 Å². The highest BCUT2D eigenvalue weighted by Gasteiger charge is 2.16. The molecular weight excluding hydrogens is 268 g/mol. The lowest BCUT2D eigenvalue weighted by atomic mass is 10.1. The number of pyridine rings is 1. The van der Waals surface area contributed by atoms with E-state index < -0.39 is 0 Å². The van der Waals surface area contributed by atoms with E-state index in [1.165, 1.54) is 0 Å². The molecule has 21 heavy (non-hydrogen) atoms. The van der Waals surface area contributed by atoms with Gasteiger partial charge in [-0.25, -0.2) is 10.8 Å². The van der Waals surface area contributed by atoms with E-state index >= 15 is 0 Å². The van der Waals surface area contributed by atoms with Crippen LogP contribution >= 0.6 is 0 Å². The van der Waals surface area contributed by atoms with Crippen LogP contribution in [0.4, 0.5) is 5.82 Å². The minimum atomic E-state index is -0.0789. The van der Waals surface area contributed by atoms with Crippen LogP contribution in [0.1, 0.15) is 17.3 Å². The SMILES string of the molecule is CCOCCN(C)C(=O)c1cc(NN)nc2ccccc12. The summed E-state index contributed by atoms with van der Waals surface area (Å²) in [6.45, 7) is 3.62. The molecule has 0 saturated carbocycles. The Kier molecular flexibility index (Phi) is 5.08. The number of nitrogens with one attached hydrogen (secondary N) is 1. The van der Waals surface area contributed by atoms with Crippen molar-refractivity contribution in [3.05, 3.63) is 35.9 Å². The van der Waals surface area contributed by atoms with Crippen LogP contribution < -0.4 is 11.3 Å². The average Bonchev–Trinajstić information content (AvgIpc) is 2.53. The van der Waals surface area contributed by atoms with Gasteiger partial charge < -0.3 is 15.1 Å². The lowest BCUT2D eigenvalue weighted by Crippen LogP contribution is -2.30. The van der Waals surface area contributed by atoms with Gasteiger partial charge in [0.05, 0.1) is 17.7 Å². The molecule has 1 aromatic heterocycles. The number of aromatic nitrogens is 1. The Balaban J connectivity index is 2.33. The molecule has 0 aliphatic carbocycles. The second-order valence-corrected chi connectivity index (χ2v) is 4.64. The molecule has 6 heteroatoms. The van der Waals surface area contributed by atoms with E-state index in [1.54, 1.807) is 18.0 Å². The minimum absolute atomic E-state index is 0.0789. The first-order valence-electron chi connectivity index (χ1n) is 6.87. The smallest absolute Gasteiger partial charge is 0.254 e. The second-order valence-electron chi connectivity index (χ2n) is 4.64. The predicted octanol–water partition coefficient (Wildman–Crippen LogP) is 1.63. The molecule has 1 amide bonds. The Bertz CT molecular complexity index is 630. The molecule has 2 rings (SSSR count). The minimum Gasteiger partial charge on any atom is -0.380 e. The Labute approximate surface area is 123 Å². The van der Waals surface area contributed by atoms with Crippen molar-refractivity contribution < 1.29 is 9.53 Å². The maximum atomic E-state index is 12.6. The second kappa shape index (κ2) is 7.01. The summed E-state index contributed by atoms with van der Waals surface area (Å²) in [5.74, 6) is 5.82. The van der Waals surface area contributed by atoms with Crippen LogP contribution in [-0.2, 0) is 4.74 Å². The molecule has 6 nitrogen and oxygen atoms in total. The van der Waals surface area contributed by atoms with Gasteiger partial charge in [-0.1, -0.05) is 18.2 Å². The first kappa shape index (κ1) is 15.2. The molecule has 0 bridgehead atoms. The number of rotatable bonds is 6. The van der Waals surface area contributed by atoms with Crippen LogP contribution in [-0.4, -0.2) is 42.6 Å². The quantitative estimate of drug-likeness (QED) is 0.480. The van der Waals surface area contributed by atoms with Crippen molar-refractivity contribution in [3.8, 4) is 0 Å². The summed E-state index contributed by atoms with van der Waals surface area (Å²) in [6.07, 6.45) is 0. The van der Waals surface area contributed by atoms with E-state index in [0.29, 0.717) is 31.1 Å². The Morgan fingerprint density at radius 1 is 1.43 bits per heavy atom. The maximum absolute atomic E-state index is 12.6. The van der Waals surface area contributed by atoms with Gasteiger partial charge in [0.25, 0.3) is 5.91 Å². The summed E-state index contributed by atoms with van der Waals surface area (Å²) in [5.41, 5.74) is 3.81. The lowest BCUT2D eigenvalue weighted by Gasteiger charge is -2.18. The summed E-state index contributed by atoms with van der Waals surface area (Å²) < 4.78 is 5.28. The normalized spacial score (nSPS) is 10.6. The van der Waals surface area contributed by atoms with Crippen molar-refractivity contribution in [3.63, 3.8) is 0 Å². The fourth-order valence-corrected chi connectivity index (χ4v) is 2.08. The van der Waals surface area contributed by atoms with Crippen molar-refractivity contribution in [1.82, 2.24) is 9.88 Å². The average molecular weight is 288 g/mol. The third kappa shape index (κ3) is 3.48. The zero-order chi connectivity index (χ0) is 15.2. The highest BCUT2D eigenvalue weighted by atomic mass is 16.5. The van der Waals surface area contributed by atoms with Crippen LogP contribution in [0.5, 0.6) is 0 Å². The van der Waals surface area contributed by atoms with Gasteiger partial charge in [0.2, 0.25) is 0 Å². The summed E-state index contributed by atoms with van der Waals surface area (Å²) in [7, 11) is 1.76. The van der Waals surface area contributed by atoms with Crippen molar-refractivity contribution in [1.29, 1.82) is 0 Å². The molecule has 0 radical (unpaired) electrons. The Hall–Kier alpha value is -2.18. The van der Waals surface area contributed by atoms with E-state index in [9.17, 15) is 4.79 Å². The molecule has 1 heterocycles. The van der Waals surface area contributed by atoms with Gasteiger partial charge in [-0.3, -0.25) is 4.79 Å². The molecule has 0 spiro atoms. The van der Waals surface area contributed by atoms with Gasteiger partial charge in [-0.05, 0) is 19.1 Å². The molecule has 0 unspecified atom stereocenters. The molecule has 0 aliphatic rings. The molecule has 112 valence electrons. The van der Waals surface area contributed by atoms with E-state index in [1.807, 2.05) is 31.2 Å². The number of carbonyl (C=O) groups excluding carboxylic acids is 1. The molecule has 0 atom stereocenters. The lowest BCUT2D eigenvalue weighted by molar-refractivity contribution is 0.0711. The number of likely N-dealkylation sites (N-methyl/N-ethyl adjacent to an activating group) is 1. The number of hydrogen-bond acceptors (Lipinski definition) is 5. The number of amides is 1. The number of benzene rings is 1. The zero-order valence-electron chi connectivity index (χ0n) is 12.3. The third-order valence-electron chi connectivity index (χ3n) is 3.22. The van der Waals surface area contributed by atoms with Crippen LogP contribution in [0.15, 0.2) is 30.3 Å². The highest BCUT2D eigenvalue weighted by Crippen LogP contribution is 2.21. The van der Waals surface area contributed by atoms with Gasteiger partial charge in [0, 0.05) is 25.6 Å². The molecule has 3 N–H and O–H groups in total. The van der Waals surface area contributed by atoms with E-state index in [0.717, 1.165) is 10.9 Å². The number of fused-ring (bicyclic) bond motifs is 1. The number of nitrogen functional groups attached to an aromatic ring is 1. The summed E-state index contributed by atoms with van der Waals surface area (Å²) in [5, 5.41) is 0.810. The Morgan fingerprint density at radius 2 is 2.19 bits per heavy atom. The maximum Gasteiger partial charge on any atom is 0.254 e. The predicted molar refractivity (Wildman–Crippen MR) is 83.0 cm³/mol. The van der Waals surface area contributed by atoms with Gasteiger partial charge in [0.15, 0.2) is 0 Å².